The molecule has 5 aromatic rings. The second-order valence-electron chi connectivity index (χ2n) is 16.4. The molecule has 2 aliphatic carbocycles. The first-order valence-corrected chi connectivity index (χ1v) is 20.3. The Hall–Kier alpha value is -4.78. The molecular formula is C50H50NOP. The third kappa shape index (κ3) is 5.61. The molecule has 0 fully saturated rings. The molecule has 0 bridgehead atoms. The summed E-state index contributed by atoms with van der Waals surface area (Å²) in [4.78, 5) is 5.67. The van der Waals surface area contributed by atoms with Gasteiger partial charge in [-0.1, -0.05) is 198 Å². The first-order valence-electron chi connectivity index (χ1n) is 18.9. The fourth-order valence-electron chi connectivity index (χ4n) is 10.5. The van der Waals surface area contributed by atoms with Crippen LogP contribution in [0.25, 0.3) is 0 Å². The number of aliphatic imine (C=N–C) groups is 1. The highest BCUT2D eigenvalue weighted by Crippen LogP contribution is 2.71. The van der Waals surface area contributed by atoms with Crippen LogP contribution >= 0.6 is 7.92 Å². The van der Waals surface area contributed by atoms with Crippen molar-refractivity contribution in [3.63, 3.8) is 0 Å². The van der Waals surface area contributed by atoms with Gasteiger partial charge in [-0.15, -0.1) is 0 Å². The number of allylic oxidation sites excluding steroid dienone is 4. The summed E-state index contributed by atoms with van der Waals surface area (Å²) in [5.74, 6) is 1.00. The lowest BCUT2D eigenvalue weighted by molar-refractivity contribution is 0.147. The molecule has 1 unspecified atom stereocenters. The summed E-state index contributed by atoms with van der Waals surface area (Å²) in [6.07, 6.45) is 4.12. The quantitative estimate of drug-likeness (QED) is 0.116. The molecule has 5 aromatic carbocycles. The Kier molecular flexibility index (Phi) is 8.82. The topological polar surface area (TPSA) is 21.6 Å². The third-order valence-corrected chi connectivity index (χ3v) is 14.7. The summed E-state index contributed by atoms with van der Waals surface area (Å²) in [5, 5.41) is 4.15. The molecule has 266 valence electrons. The van der Waals surface area contributed by atoms with Gasteiger partial charge in [0.05, 0.1) is 0 Å². The van der Waals surface area contributed by atoms with Gasteiger partial charge in [0.25, 0.3) is 0 Å². The van der Waals surface area contributed by atoms with E-state index in [1.165, 1.54) is 43.8 Å². The molecule has 1 aliphatic heterocycles. The first kappa shape index (κ1) is 35.3. The molecule has 8 rings (SSSR count). The zero-order valence-electron chi connectivity index (χ0n) is 32.1. The van der Waals surface area contributed by atoms with Crippen molar-refractivity contribution < 1.29 is 4.74 Å². The van der Waals surface area contributed by atoms with Gasteiger partial charge in [-0.2, -0.15) is 0 Å². The number of fused-ring (bicyclic) bond motifs is 3. The third-order valence-electron chi connectivity index (χ3n) is 12.2. The van der Waals surface area contributed by atoms with Crippen LogP contribution in [0.3, 0.4) is 0 Å². The van der Waals surface area contributed by atoms with Crippen LogP contribution in [0.4, 0.5) is 0 Å². The molecule has 3 heteroatoms. The molecule has 53 heavy (non-hydrogen) atoms. The van der Waals surface area contributed by atoms with Crippen molar-refractivity contribution in [1.29, 1.82) is 0 Å². The van der Waals surface area contributed by atoms with Crippen LogP contribution in [0.15, 0.2) is 174 Å². The van der Waals surface area contributed by atoms with E-state index < -0.39 is 13.3 Å². The van der Waals surface area contributed by atoms with E-state index in [-0.39, 0.29) is 28.9 Å². The van der Waals surface area contributed by atoms with Crippen molar-refractivity contribution in [2.75, 3.05) is 0 Å². The monoisotopic (exact) mass is 711 g/mol. The minimum Gasteiger partial charge on any atom is -0.467 e. The van der Waals surface area contributed by atoms with Crippen molar-refractivity contribution in [2.45, 2.75) is 71.4 Å². The summed E-state index contributed by atoms with van der Waals surface area (Å²) in [5.41, 5.74) is 9.40. The Morgan fingerprint density at radius 2 is 1.25 bits per heavy atom. The van der Waals surface area contributed by atoms with Crippen molar-refractivity contribution in [1.82, 2.24) is 0 Å². The lowest BCUT2D eigenvalue weighted by Gasteiger charge is -2.43. The predicted octanol–water partition coefficient (Wildman–Crippen LogP) is 11.3. The van der Waals surface area contributed by atoms with Gasteiger partial charge in [0.15, 0.2) is 6.10 Å². The summed E-state index contributed by atoms with van der Waals surface area (Å²) in [6.45, 7) is 21.1. The second-order valence-corrected chi connectivity index (χ2v) is 18.6. The lowest BCUT2D eigenvalue weighted by Crippen LogP contribution is -2.43. The number of nitrogens with zero attached hydrogens (tertiary/aromatic N) is 1. The van der Waals surface area contributed by atoms with Crippen LogP contribution in [-0.2, 0) is 15.6 Å². The number of hydrogen-bond acceptors (Lipinski definition) is 2. The molecular weight excluding hydrogens is 662 g/mol. The van der Waals surface area contributed by atoms with Gasteiger partial charge in [-0.3, -0.25) is 0 Å². The Morgan fingerprint density at radius 1 is 0.717 bits per heavy atom. The molecule has 0 saturated heterocycles. The van der Waals surface area contributed by atoms with Crippen molar-refractivity contribution >= 4 is 29.7 Å². The summed E-state index contributed by atoms with van der Waals surface area (Å²) in [7, 11) is -0.883. The molecule has 0 spiro atoms. The number of rotatable bonds is 8. The molecule has 0 saturated carbocycles. The summed E-state index contributed by atoms with van der Waals surface area (Å²) >= 11 is 0. The smallest absolute Gasteiger partial charge is 0.214 e. The van der Waals surface area contributed by atoms with Gasteiger partial charge < -0.3 is 4.74 Å². The Balaban J connectivity index is 1.45. The minimum atomic E-state index is -0.883. The van der Waals surface area contributed by atoms with Gasteiger partial charge in [0.2, 0.25) is 5.90 Å². The molecule has 0 amide bonds. The van der Waals surface area contributed by atoms with E-state index in [2.05, 4.69) is 195 Å². The SMILES string of the molecule is C=C/C(C)=C\C1=C(C2=N[C@@H](c3ccccc3)[C@H](c3ccccc3)O2)[C@@]2(C)c3c(P(c4ccccc4)c4ccccc4)cc(C)cc3C(C)(C)C2C1(C)C. The van der Waals surface area contributed by atoms with Crippen molar-refractivity contribution in [3.8, 4) is 0 Å². The van der Waals surface area contributed by atoms with Gasteiger partial charge in [-0.05, 0) is 82.3 Å². The van der Waals surface area contributed by atoms with E-state index in [4.69, 9.17) is 9.73 Å². The predicted molar refractivity (Wildman–Crippen MR) is 225 cm³/mol. The Bertz CT molecular complexity index is 2230. The minimum absolute atomic E-state index is 0.150. The lowest BCUT2D eigenvalue weighted by atomic mass is 9.60. The average Bonchev–Trinajstić information content (AvgIpc) is 3.73. The van der Waals surface area contributed by atoms with Crippen molar-refractivity contribution in [2.24, 2.45) is 16.3 Å². The molecule has 2 nitrogen and oxygen atoms in total. The Labute approximate surface area is 317 Å². The Morgan fingerprint density at radius 3 is 1.79 bits per heavy atom. The normalized spacial score (nSPS) is 24.1. The number of ether oxygens (including phenoxy) is 1. The number of aryl methyl sites for hydroxylation is 1. The maximum atomic E-state index is 7.33. The molecule has 1 heterocycles. The maximum Gasteiger partial charge on any atom is 0.214 e. The second kappa shape index (κ2) is 13.3. The van der Waals surface area contributed by atoms with E-state index in [9.17, 15) is 0 Å². The fraction of sp³-hybridized carbons (Fsp3) is 0.260. The van der Waals surface area contributed by atoms with E-state index >= 15 is 0 Å². The van der Waals surface area contributed by atoms with Crippen LogP contribution in [0, 0.1) is 18.3 Å². The van der Waals surface area contributed by atoms with Crippen LogP contribution in [0.1, 0.15) is 81.5 Å². The largest absolute Gasteiger partial charge is 0.467 e. The van der Waals surface area contributed by atoms with E-state index in [1.54, 1.807) is 0 Å². The standard InChI is InChI=1S/C50H50NOP/c1-9-33(2)30-40-43(46-51-44(35-22-14-10-15-23-35)45(52-46)36-24-16-11-17-25-36)50(8)42-39(48(4,5)47(50)49(40,6)7)31-34(3)32-41(42)53(37-26-18-12-19-27-37)38-28-20-13-21-29-38/h9-32,44-45,47H,1H2,2-8H3/b33-30-/t44-,45-,47?,50+/m0/s1. The molecule has 0 aromatic heterocycles. The molecule has 3 aliphatic rings. The van der Waals surface area contributed by atoms with E-state index in [0.717, 1.165) is 22.6 Å². The zero-order chi connectivity index (χ0) is 37.1. The fourth-order valence-corrected chi connectivity index (χ4v) is 13.2. The zero-order valence-corrected chi connectivity index (χ0v) is 33.0. The highest BCUT2D eigenvalue weighted by atomic mass is 31.1. The average molecular weight is 712 g/mol. The molecule has 4 atom stereocenters. The van der Waals surface area contributed by atoms with Crippen LogP contribution < -0.4 is 15.9 Å². The number of benzene rings is 5. The van der Waals surface area contributed by atoms with Gasteiger partial charge in [0, 0.05) is 11.0 Å². The van der Waals surface area contributed by atoms with Crippen molar-refractivity contribution in [3.05, 3.63) is 197 Å². The highest BCUT2D eigenvalue weighted by Gasteiger charge is 2.68. The van der Waals surface area contributed by atoms with Crippen LogP contribution in [0.2, 0.25) is 0 Å². The highest BCUT2D eigenvalue weighted by molar-refractivity contribution is 7.80. The van der Waals surface area contributed by atoms with Gasteiger partial charge in [0.1, 0.15) is 6.04 Å². The molecule has 0 radical (unpaired) electrons. The summed E-state index contributed by atoms with van der Waals surface area (Å²) in [6, 6.07) is 48.5. The van der Waals surface area contributed by atoms with E-state index in [1.807, 2.05) is 6.08 Å². The van der Waals surface area contributed by atoms with E-state index in [0.29, 0.717) is 0 Å². The number of hydrogen-bond donors (Lipinski definition) is 0. The first-order chi connectivity index (χ1) is 25.5. The maximum absolute atomic E-state index is 7.33. The summed E-state index contributed by atoms with van der Waals surface area (Å²) < 4.78 is 7.33. The van der Waals surface area contributed by atoms with Crippen LogP contribution in [-0.4, -0.2) is 5.90 Å². The molecule has 0 N–H and O–H groups in total. The van der Waals surface area contributed by atoms with Gasteiger partial charge in [-0.25, -0.2) is 4.99 Å². The van der Waals surface area contributed by atoms with Crippen LogP contribution in [0.5, 0.6) is 0 Å². The van der Waals surface area contributed by atoms with Gasteiger partial charge >= 0.3 is 0 Å².